The van der Waals surface area contributed by atoms with Gasteiger partial charge in [0.05, 0.1) is 17.1 Å². The molecule has 4 heteroatoms. The summed E-state index contributed by atoms with van der Waals surface area (Å²) < 4.78 is 0. The zero-order chi connectivity index (χ0) is 12.8. The zero-order valence-corrected chi connectivity index (χ0v) is 10.5. The normalized spacial score (nSPS) is 20.3. The highest BCUT2D eigenvalue weighted by molar-refractivity contribution is 5.75. The minimum atomic E-state index is -0.456. The summed E-state index contributed by atoms with van der Waals surface area (Å²) in [6.45, 7) is 2.15. The van der Waals surface area contributed by atoms with Gasteiger partial charge >= 0.3 is 5.69 Å². The Morgan fingerprint density at radius 3 is 2.61 bits per heavy atom. The monoisotopic (exact) mass is 246 g/mol. The summed E-state index contributed by atoms with van der Waals surface area (Å²) in [4.78, 5) is 16.7. The Morgan fingerprint density at radius 2 is 1.89 bits per heavy atom. The predicted molar refractivity (Wildman–Crippen MR) is 70.5 cm³/mol. The number of aliphatic hydroxyl groups excluding tert-OH is 1. The van der Waals surface area contributed by atoms with Crippen molar-refractivity contribution in [2.75, 3.05) is 0 Å². The summed E-state index contributed by atoms with van der Waals surface area (Å²) in [5.41, 5.74) is 2.21. The molecule has 0 spiro atoms. The van der Waals surface area contributed by atoms with Crippen LogP contribution in [0, 0.1) is 5.41 Å². The first-order valence-electron chi connectivity index (χ1n) is 6.48. The summed E-state index contributed by atoms with van der Waals surface area (Å²) >= 11 is 0. The van der Waals surface area contributed by atoms with Gasteiger partial charge in [-0.2, -0.15) is 0 Å². The van der Waals surface area contributed by atoms with E-state index in [4.69, 9.17) is 0 Å². The number of hydrogen-bond donors (Lipinski definition) is 3. The van der Waals surface area contributed by atoms with Gasteiger partial charge in [0.2, 0.25) is 0 Å². The smallest absolute Gasteiger partial charge is 0.323 e. The molecule has 96 valence electrons. The van der Waals surface area contributed by atoms with E-state index in [9.17, 15) is 9.90 Å². The fourth-order valence-electron chi connectivity index (χ4n) is 3.08. The topological polar surface area (TPSA) is 68.9 Å². The number of H-pyrrole nitrogens is 2. The van der Waals surface area contributed by atoms with E-state index in [0.29, 0.717) is 0 Å². The van der Waals surface area contributed by atoms with Crippen molar-refractivity contribution in [1.29, 1.82) is 0 Å². The van der Waals surface area contributed by atoms with Crippen molar-refractivity contribution in [3.05, 3.63) is 34.2 Å². The molecule has 3 rings (SSSR count). The van der Waals surface area contributed by atoms with Crippen LogP contribution in [0.15, 0.2) is 23.0 Å². The van der Waals surface area contributed by atoms with Crippen LogP contribution in [0.1, 0.15) is 44.3 Å². The van der Waals surface area contributed by atoms with Crippen LogP contribution in [0.25, 0.3) is 11.0 Å². The molecule has 0 saturated heterocycles. The second-order valence-corrected chi connectivity index (χ2v) is 5.65. The number of fused-ring (bicyclic) bond motifs is 1. The van der Waals surface area contributed by atoms with Crippen LogP contribution in [0.5, 0.6) is 0 Å². The average molecular weight is 246 g/mol. The molecule has 4 nitrogen and oxygen atoms in total. The summed E-state index contributed by atoms with van der Waals surface area (Å²) in [5, 5.41) is 10.5. The Bertz CT molecular complexity index is 620. The first-order valence-corrected chi connectivity index (χ1v) is 6.48. The van der Waals surface area contributed by atoms with E-state index in [1.54, 1.807) is 0 Å². The van der Waals surface area contributed by atoms with E-state index < -0.39 is 6.10 Å². The molecule has 0 radical (unpaired) electrons. The summed E-state index contributed by atoms with van der Waals surface area (Å²) in [5.74, 6) is 0. The number of hydrogen-bond acceptors (Lipinski definition) is 2. The number of benzene rings is 1. The Kier molecular flexibility index (Phi) is 2.55. The second kappa shape index (κ2) is 3.99. The first kappa shape index (κ1) is 11.5. The van der Waals surface area contributed by atoms with E-state index in [-0.39, 0.29) is 11.1 Å². The third kappa shape index (κ3) is 1.77. The van der Waals surface area contributed by atoms with E-state index in [1.165, 1.54) is 12.8 Å². The molecule has 3 N–H and O–H groups in total. The van der Waals surface area contributed by atoms with E-state index in [0.717, 1.165) is 29.4 Å². The van der Waals surface area contributed by atoms with E-state index in [1.807, 2.05) is 18.2 Å². The Morgan fingerprint density at radius 1 is 1.22 bits per heavy atom. The van der Waals surface area contributed by atoms with Gasteiger partial charge in [-0.3, -0.25) is 0 Å². The lowest BCUT2D eigenvalue weighted by molar-refractivity contribution is 0.0409. The molecule has 1 heterocycles. The number of aromatic nitrogens is 2. The molecular formula is C14H18N2O2. The molecule has 18 heavy (non-hydrogen) atoms. The summed E-state index contributed by atoms with van der Waals surface area (Å²) in [7, 11) is 0. The van der Waals surface area contributed by atoms with Gasteiger partial charge in [-0.25, -0.2) is 4.79 Å². The van der Waals surface area contributed by atoms with Gasteiger partial charge < -0.3 is 15.1 Å². The third-order valence-electron chi connectivity index (χ3n) is 4.26. The highest BCUT2D eigenvalue weighted by Crippen LogP contribution is 2.47. The van der Waals surface area contributed by atoms with Crippen LogP contribution in [0.2, 0.25) is 0 Å². The van der Waals surface area contributed by atoms with Crippen molar-refractivity contribution in [2.24, 2.45) is 5.41 Å². The Labute approximate surface area is 105 Å². The van der Waals surface area contributed by atoms with Crippen molar-refractivity contribution >= 4 is 11.0 Å². The average Bonchev–Trinajstić information content (AvgIpc) is 2.93. The molecule has 1 fully saturated rings. The van der Waals surface area contributed by atoms with Gasteiger partial charge in [0.25, 0.3) is 0 Å². The number of aliphatic hydroxyl groups is 1. The summed E-state index contributed by atoms with van der Waals surface area (Å²) in [6, 6.07) is 5.63. The molecule has 0 aliphatic heterocycles. The van der Waals surface area contributed by atoms with Gasteiger partial charge in [-0.05, 0) is 36.0 Å². The second-order valence-electron chi connectivity index (χ2n) is 5.65. The van der Waals surface area contributed by atoms with Crippen LogP contribution >= 0.6 is 0 Å². The molecule has 1 aliphatic rings. The highest BCUT2D eigenvalue weighted by atomic mass is 16.3. The maximum absolute atomic E-state index is 11.2. The Hall–Kier alpha value is -1.55. The first-order chi connectivity index (χ1) is 8.58. The molecule has 0 amide bonds. The maximum atomic E-state index is 11.2. The van der Waals surface area contributed by atoms with Gasteiger partial charge in [-0.1, -0.05) is 25.8 Å². The third-order valence-corrected chi connectivity index (χ3v) is 4.26. The quantitative estimate of drug-likeness (QED) is 0.762. The molecule has 1 aromatic heterocycles. The van der Waals surface area contributed by atoms with E-state index in [2.05, 4.69) is 16.9 Å². The fourth-order valence-corrected chi connectivity index (χ4v) is 3.08. The number of nitrogens with one attached hydrogen (secondary N) is 2. The van der Waals surface area contributed by atoms with Gasteiger partial charge in [-0.15, -0.1) is 0 Å². The molecule has 1 aromatic carbocycles. The highest BCUT2D eigenvalue weighted by Gasteiger charge is 2.36. The molecule has 0 bridgehead atoms. The molecule has 1 atom stereocenters. The number of rotatable bonds is 2. The maximum Gasteiger partial charge on any atom is 0.323 e. The number of aromatic amines is 2. The largest absolute Gasteiger partial charge is 0.388 e. The lowest BCUT2D eigenvalue weighted by Crippen LogP contribution is -2.21. The van der Waals surface area contributed by atoms with Crippen LogP contribution in [0.4, 0.5) is 0 Å². The van der Waals surface area contributed by atoms with Crippen molar-refractivity contribution < 1.29 is 5.11 Å². The van der Waals surface area contributed by atoms with Crippen molar-refractivity contribution in [1.82, 2.24) is 9.97 Å². The molecule has 2 aromatic rings. The summed E-state index contributed by atoms with van der Waals surface area (Å²) in [6.07, 6.45) is 4.06. The van der Waals surface area contributed by atoms with Crippen molar-refractivity contribution in [3.8, 4) is 0 Å². The molecule has 1 aliphatic carbocycles. The van der Waals surface area contributed by atoms with Crippen molar-refractivity contribution in [2.45, 2.75) is 38.7 Å². The predicted octanol–water partition coefficient (Wildman–Crippen LogP) is 2.47. The number of imidazole rings is 1. The lowest BCUT2D eigenvalue weighted by Gasteiger charge is -2.30. The molecule has 1 unspecified atom stereocenters. The zero-order valence-electron chi connectivity index (χ0n) is 10.5. The van der Waals surface area contributed by atoms with Gasteiger partial charge in [0.15, 0.2) is 0 Å². The van der Waals surface area contributed by atoms with Crippen LogP contribution in [0.3, 0.4) is 0 Å². The standard InChI is InChI=1S/C14H18N2O2/c1-14(6-2-3-7-14)12(17)9-4-5-10-11(8-9)16-13(18)15-10/h4-5,8,12,17H,2-3,6-7H2,1H3,(H2,15,16,18). The van der Waals surface area contributed by atoms with Crippen molar-refractivity contribution in [3.63, 3.8) is 0 Å². The molecule has 1 saturated carbocycles. The van der Waals surface area contributed by atoms with Gasteiger partial charge in [0.1, 0.15) is 0 Å². The SMILES string of the molecule is CC1(C(O)c2ccc3[nH]c(=O)[nH]c3c2)CCCC1. The van der Waals surface area contributed by atoms with Crippen LogP contribution in [-0.2, 0) is 0 Å². The van der Waals surface area contributed by atoms with Crippen LogP contribution < -0.4 is 5.69 Å². The van der Waals surface area contributed by atoms with E-state index >= 15 is 0 Å². The minimum Gasteiger partial charge on any atom is -0.388 e. The molecular weight excluding hydrogens is 228 g/mol. The Balaban J connectivity index is 2.00. The lowest BCUT2D eigenvalue weighted by atomic mass is 9.79. The minimum absolute atomic E-state index is 0.0235. The van der Waals surface area contributed by atoms with Crippen LogP contribution in [-0.4, -0.2) is 15.1 Å². The van der Waals surface area contributed by atoms with Gasteiger partial charge in [0, 0.05) is 0 Å². The fraction of sp³-hybridized carbons (Fsp3) is 0.500.